The van der Waals surface area contributed by atoms with E-state index >= 15 is 0 Å². The Balaban J connectivity index is 2.36. The van der Waals surface area contributed by atoms with Gasteiger partial charge in [-0.05, 0) is 30.7 Å². The van der Waals surface area contributed by atoms with Crippen LogP contribution in [0.2, 0.25) is 0 Å². The summed E-state index contributed by atoms with van der Waals surface area (Å²) in [5, 5.41) is 0. The zero-order chi connectivity index (χ0) is 18.3. The van der Waals surface area contributed by atoms with E-state index in [1.165, 1.54) is 32.6 Å². The number of hydrogen-bond acceptors (Lipinski definition) is 5. The van der Waals surface area contributed by atoms with Gasteiger partial charge in [-0.25, -0.2) is 0 Å². The first-order chi connectivity index (χ1) is 12.0. The van der Waals surface area contributed by atoms with Crippen LogP contribution in [0.1, 0.15) is 18.9 Å². The molecule has 0 bridgehead atoms. The fraction of sp³-hybridized carbons (Fsp3) is 0.278. The largest absolute Gasteiger partial charge is 0.493 e. The maximum atomic E-state index is 12.2. The minimum Gasteiger partial charge on any atom is -0.493 e. The van der Waals surface area contributed by atoms with E-state index in [-0.39, 0.29) is 4.90 Å². The van der Waals surface area contributed by atoms with Crippen molar-refractivity contribution in [3.63, 3.8) is 0 Å². The van der Waals surface area contributed by atoms with E-state index in [4.69, 9.17) is 14.2 Å². The van der Waals surface area contributed by atoms with Crippen LogP contribution in [0.15, 0.2) is 51.8 Å². The molecule has 2 rings (SSSR count). The monoisotopic (exact) mass is 363 g/mol. The van der Waals surface area contributed by atoms with Gasteiger partial charge in [-0.15, -0.1) is 0 Å². The van der Waals surface area contributed by atoms with Crippen molar-refractivity contribution in [3.05, 3.63) is 48.0 Å². The molecular formula is C18H21NO5S. The minimum atomic E-state index is -3.77. The Bertz CT molecular complexity index is 807. The summed E-state index contributed by atoms with van der Waals surface area (Å²) >= 11 is 0. The van der Waals surface area contributed by atoms with Crippen molar-refractivity contribution < 1.29 is 22.6 Å². The highest BCUT2D eigenvalue weighted by molar-refractivity contribution is 7.90. The summed E-state index contributed by atoms with van der Waals surface area (Å²) in [5.41, 5.74) is 0.525. The zero-order valence-corrected chi connectivity index (χ0v) is 15.2. The maximum absolute atomic E-state index is 12.2. The molecule has 0 saturated carbocycles. The highest BCUT2D eigenvalue weighted by Gasteiger charge is 2.15. The van der Waals surface area contributed by atoms with E-state index < -0.39 is 10.0 Å². The SMILES string of the molecule is CCCOc1c(OC)cc(/C=N\S(=O)(=O)c2ccccc2)cc1OC. The van der Waals surface area contributed by atoms with Gasteiger partial charge in [-0.2, -0.15) is 12.8 Å². The van der Waals surface area contributed by atoms with Gasteiger partial charge in [-0.1, -0.05) is 25.1 Å². The molecule has 6 nitrogen and oxygen atoms in total. The number of ether oxygens (including phenoxy) is 3. The first kappa shape index (κ1) is 18.8. The van der Waals surface area contributed by atoms with Gasteiger partial charge < -0.3 is 14.2 Å². The Morgan fingerprint density at radius 1 is 1.04 bits per heavy atom. The van der Waals surface area contributed by atoms with Crippen LogP contribution in [0.25, 0.3) is 0 Å². The molecular weight excluding hydrogens is 342 g/mol. The third-order valence-electron chi connectivity index (χ3n) is 3.32. The third-order valence-corrected chi connectivity index (χ3v) is 4.57. The number of rotatable bonds is 8. The molecule has 0 radical (unpaired) electrons. The first-order valence-corrected chi connectivity index (χ1v) is 9.20. The third kappa shape index (κ3) is 4.73. The quantitative estimate of drug-likeness (QED) is 0.673. The van der Waals surface area contributed by atoms with E-state index in [1.54, 1.807) is 30.3 Å². The Morgan fingerprint density at radius 3 is 2.16 bits per heavy atom. The molecule has 0 aliphatic heterocycles. The van der Waals surface area contributed by atoms with Crippen LogP contribution in [0.3, 0.4) is 0 Å². The van der Waals surface area contributed by atoms with Crippen LogP contribution < -0.4 is 14.2 Å². The average molecular weight is 363 g/mol. The topological polar surface area (TPSA) is 74.2 Å². The van der Waals surface area contributed by atoms with E-state index in [0.717, 1.165) is 6.42 Å². The van der Waals surface area contributed by atoms with Gasteiger partial charge in [0.2, 0.25) is 5.75 Å². The summed E-state index contributed by atoms with van der Waals surface area (Å²) in [7, 11) is -0.747. The van der Waals surface area contributed by atoms with E-state index in [2.05, 4.69) is 4.40 Å². The second kappa shape index (κ2) is 8.53. The second-order valence-electron chi connectivity index (χ2n) is 5.13. The van der Waals surface area contributed by atoms with E-state index in [9.17, 15) is 8.42 Å². The predicted octanol–water partition coefficient (Wildman–Crippen LogP) is 3.30. The molecule has 134 valence electrons. The zero-order valence-electron chi connectivity index (χ0n) is 14.4. The molecule has 0 aliphatic rings. The van der Waals surface area contributed by atoms with Crippen molar-refractivity contribution >= 4 is 16.2 Å². The average Bonchev–Trinajstić information content (AvgIpc) is 2.65. The fourth-order valence-corrected chi connectivity index (χ4v) is 2.99. The lowest BCUT2D eigenvalue weighted by Gasteiger charge is -2.14. The lowest BCUT2D eigenvalue weighted by molar-refractivity contribution is 0.275. The van der Waals surface area contributed by atoms with Crippen molar-refractivity contribution in [1.29, 1.82) is 0 Å². The Hall–Kier alpha value is -2.54. The van der Waals surface area contributed by atoms with E-state index in [1.807, 2.05) is 6.92 Å². The van der Waals surface area contributed by atoms with Gasteiger partial charge in [0.1, 0.15) is 0 Å². The maximum Gasteiger partial charge on any atom is 0.282 e. The fourth-order valence-electron chi connectivity index (χ4n) is 2.10. The summed E-state index contributed by atoms with van der Waals surface area (Å²) in [6.07, 6.45) is 2.10. The van der Waals surface area contributed by atoms with Crippen LogP contribution in [-0.2, 0) is 10.0 Å². The first-order valence-electron chi connectivity index (χ1n) is 7.76. The minimum absolute atomic E-state index is 0.132. The number of nitrogens with zero attached hydrogens (tertiary/aromatic N) is 1. The van der Waals surface area contributed by atoms with Gasteiger partial charge in [0.25, 0.3) is 10.0 Å². The molecule has 7 heteroatoms. The standard InChI is InChI=1S/C18H21NO5S/c1-4-10-24-18-16(22-2)11-14(12-17(18)23-3)13-19-25(20,21)15-8-6-5-7-9-15/h5-9,11-13H,4,10H2,1-3H3/b19-13-. The van der Waals surface area contributed by atoms with Gasteiger partial charge in [0.15, 0.2) is 11.5 Å². The van der Waals surface area contributed by atoms with Gasteiger partial charge >= 0.3 is 0 Å². The molecule has 2 aromatic rings. The Morgan fingerprint density at radius 2 is 1.64 bits per heavy atom. The molecule has 25 heavy (non-hydrogen) atoms. The molecule has 2 aromatic carbocycles. The van der Waals surface area contributed by atoms with Crippen molar-refractivity contribution in [3.8, 4) is 17.2 Å². The Labute approximate surface area is 148 Å². The van der Waals surface area contributed by atoms with Crippen molar-refractivity contribution in [1.82, 2.24) is 0 Å². The predicted molar refractivity (Wildman–Crippen MR) is 96.6 cm³/mol. The lowest BCUT2D eigenvalue weighted by atomic mass is 10.2. The number of benzene rings is 2. The van der Waals surface area contributed by atoms with Crippen LogP contribution in [0.5, 0.6) is 17.2 Å². The molecule has 0 atom stereocenters. The van der Waals surface area contributed by atoms with Crippen LogP contribution >= 0.6 is 0 Å². The van der Waals surface area contributed by atoms with Crippen LogP contribution in [0, 0.1) is 0 Å². The smallest absolute Gasteiger partial charge is 0.282 e. The van der Waals surface area contributed by atoms with Crippen LogP contribution in [0.4, 0.5) is 0 Å². The Kier molecular flexibility index (Phi) is 6.41. The second-order valence-corrected chi connectivity index (χ2v) is 6.76. The van der Waals surface area contributed by atoms with Gasteiger partial charge in [0, 0.05) is 11.8 Å². The molecule has 0 heterocycles. The van der Waals surface area contributed by atoms with Crippen molar-refractivity contribution in [2.24, 2.45) is 4.40 Å². The number of hydrogen-bond donors (Lipinski definition) is 0. The number of sulfonamides is 1. The number of methoxy groups -OCH3 is 2. The highest BCUT2D eigenvalue weighted by atomic mass is 32.2. The molecule has 0 aliphatic carbocycles. The summed E-state index contributed by atoms with van der Waals surface area (Å²) < 4.78 is 44.5. The summed E-state index contributed by atoms with van der Waals surface area (Å²) in [5.74, 6) is 1.38. The van der Waals surface area contributed by atoms with Crippen molar-refractivity contribution in [2.75, 3.05) is 20.8 Å². The van der Waals surface area contributed by atoms with Gasteiger partial charge in [-0.3, -0.25) is 0 Å². The summed E-state index contributed by atoms with van der Waals surface area (Å²) in [6, 6.07) is 11.3. The van der Waals surface area contributed by atoms with Gasteiger partial charge in [0.05, 0.1) is 25.7 Å². The summed E-state index contributed by atoms with van der Waals surface area (Å²) in [6.45, 7) is 2.51. The molecule has 0 fully saturated rings. The molecule has 0 spiro atoms. The van der Waals surface area contributed by atoms with Crippen molar-refractivity contribution in [2.45, 2.75) is 18.2 Å². The van der Waals surface area contributed by atoms with E-state index in [0.29, 0.717) is 29.4 Å². The molecule has 0 amide bonds. The molecule has 0 saturated heterocycles. The molecule has 0 aromatic heterocycles. The molecule has 0 N–H and O–H groups in total. The highest BCUT2D eigenvalue weighted by Crippen LogP contribution is 2.38. The molecule has 0 unspecified atom stereocenters. The summed E-state index contributed by atoms with van der Waals surface area (Å²) in [4.78, 5) is 0.132. The normalized spacial score (nSPS) is 11.5. The lowest BCUT2D eigenvalue weighted by Crippen LogP contribution is -2.02. The van der Waals surface area contributed by atoms with Crippen LogP contribution in [-0.4, -0.2) is 35.5 Å².